The first kappa shape index (κ1) is 31.1. The van der Waals surface area contributed by atoms with Crippen molar-refractivity contribution < 1.29 is 19.5 Å². The highest BCUT2D eigenvalue weighted by molar-refractivity contribution is 7.15. The average molecular weight is 633 g/mol. The number of carbonyl (C=O) groups excluding carboxylic acids is 2. The van der Waals surface area contributed by atoms with Crippen LogP contribution in [-0.2, 0) is 37.3 Å². The number of nitrogens with one attached hydrogen (secondary N) is 1. The number of hydrogen-bond donors (Lipinski definition) is 2. The number of aliphatic carboxylic acids is 1. The summed E-state index contributed by atoms with van der Waals surface area (Å²) in [5.41, 5.74) is 2.62. The SMILES string of the molecule is CCc1cc(C(=O)c2ccccc2Cl)c(-n2c(CNC(=O)c3c(CC)c4ccccc4n3CC(=O)O)nnc2CN(C)C)s1. The van der Waals surface area contributed by atoms with E-state index < -0.39 is 11.9 Å². The van der Waals surface area contributed by atoms with Gasteiger partial charge in [0.2, 0.25) is 0 Å². The van der Waals surface area contributed by atoms with Crippen LogP contribution in [0, 0.1) is 0 Å². The lowest BCUT2D eigenvalue weighted by atomic mass is 10.0. The molecule has 0 bridgehead atoms. The second-order valence-corrected chi connectivity index (χ2v) is 12.1. The lowest BCUT2D eigenvalue weighted by Crippen LogP contribution is -2.29. The van der Waals surface area contributed by atoms with Crippen molar-refractivity contribution in [3.05, 3.63) is 98.5 Å². The van der Waals surface area contributed by atoms with Gasteiger partial charge in [0.05, 0.1) is 23.7 Å². The highest BCUT2D eigenvalue weighted by atomic mass is 35.5. The number of hydrogen-bond acceptors (Lipinski definition) is 7. The fourth-order valence-corrected chi connectivity index (χ4v) is 6.70. The first-order chi connectivity index (χ1) is 21.1. The summed E-state index contributed by atoms with van der Waals surface area (Å²) in [6.45, 7) is 4.04. The molecule has 0 aliphatic heterocycles. The van der Waals surface area contributed by atoms with Gasteiger partial charge in [-0.2, -0.15) is 0 Å². The van der Waals surface area contributed by atoms with Crippen molar-refractivity contribution in [2.24, 2.45) is 0 Å². The van der Waals surface area contributed by atoms with Crippen LogP contribution < -0.4 is 5.32 Å². The number of benzene rings is 2. The Morgan fingerprint density at radius 1 is 0.977 bits per heavy atom. The van der Waals surface area contributed by atoms with Gasteiger partial charge in [0.1, 0.15) is 17.2 Å². The fourth-order valence-electron chi connectivity index (χ4n) is 5.35. The average Bonchev–Trinajstić information content (AvgIpc) is 3.68. The summed E-state index contributed by atoms with van der Waals surface area (Å²) in [5.74, 6) is -0.642. The van der Waals surface area contributed by atoms with Crippen molar-refractivity contribution in [3.63, 3.8) is 0 Å². The molecule has 1 amide bonds. The molecule has 5 aromatic rings. The predicted octanol–water partition coefficient (Wildman–Crippen LogP) is 5.37. The number of amides is 1. The fraction of sp³-hybridized carbons (Fsp3) is 0.281. The maximum Gasteiger partial charge on any atom is 0.323 e. The molecule has 0 unspecified atom stereocenters. The van der Waals surface area contributed by atoms with E-state index in [0.29, 0.717) is 57.0 Å². The van der Waals surface area contributed by atoms with Crippen molar-refractivity contribution in [2.45, 2.75) is 46.3 Å². The molecule has 0 atom stereocenters. The quantitative estimate of drug-likeness (QED) is 0.177. The van der Waals surface area contributed by atoms with Crippen LogP contribution in [0.2, 0.25) is 5.02 Å². The van der Waals surface area contributed by atoms with Crippen LogP contribution >= 0.6 is 22.9 Å². The molecule has 0 aliphatic rings. The third-order valence-corrected chi connectivity index (χ3v) is 8.87. The number of thiophene rings is 1. The molecule has 3 aromatic heterocycles. The minimum absolute atomic E-state index is 0.00387. The maximum absolute atomic E-state index is 13.8. The molecule has 12 heteroatoms. The molecule has 0 saturated heterocycles. The molecule has 0 spiro atoms. The van der Waals surface area contributed by atoms with Gasteiger partial charge in [-0.15, -0.1) is 21.5 Å². The number of fused-ring (bicyclic) bond motifs is 1. The Morgan fingerprint density at radius 2 is 1.68 bits per heavy atom. The first-order valence-corrected chi connectivity index (χ1v) is 15.4. The number of carbonyl (C=O) groups is 3. The van der Waals surface area contributed by atoms with Gasteiger partial charge in [-0.1, -0.05) is 55.8 Å². The van der Waals surface area contributed by atoms with Gasteiger partial charge in [-0.3, -0.25) is 19.0 Å². The Bertz CT molecular complexity index is 1870. The third kappa shape index (κ3) is 6.03. The number of para-hydroxylation sites is 1. The molecule has 0 saturated carbocycles. The van der Waals surface area contributed by atoms with E-state index in [1.165, 1.54) is 11.3 Å². The van der Waals surface area contributed by atoms with E-state index in [4.69, 9.17) is 11.6 Å². The third-order valence-electron chi connectivity index (χ3n) is 7.28. The second-order valence-electron chi connectivity index (χ2n) is 10.6. The van der Waals surface area contributed by atoms with E-state index in [-0.39, 0.29) is 18.9 Å². The van der Waals surface area contributed by atoms with E-state index >= 15 is 0 Å². The molecular formula is C32H33ClN6O4S. The highest BCUT2D eigenvalue weighted by Crippen LogP contribution is 2.33. The highest BCUT2D eigenvalue weighted by Gasteiger charge is 2.27. The monoisotopic (exact) mass is 632 g/mol. The summed E-state index contributed by atoms with van der Waals surface area (Å²) in [5, 5.41) is 23.3. The van der Waals surface area contributed by atoms with Crippen molar-refractivity contribution in [2.75, 3.05) is 14.1 Å². The standard InChI is InChI=1S/C32H33ClN6O4S/c1-5-19-15-23(30(42)22-12-7-9-13-24(22)33)32(44-19)39-26(35-36-27(39)17-37(3)4)16-34-31(43)29-20(6-2)21-11-8-10-14-25(21)38(29)18-28(40)41/h7-15H,5-6,16-18H2,1-4H3,(H,34,43)(H,40,41). The number of nitrogens with zero attached hydrogens (tertiary/aromatic N) is 5. The largest absolute Gasteiger partial charge is 0.480 e. The Kier molecular flexibility index (Phi) is 9.28. The lowest BCUT2D eigenvalue weighted by Gasteiger charge is -2.15. The van der Waals surface area contributed by atoms with E-state index in [1.807, 2.05) is 67.7 Å². The molecule has 2 aromatic carbocycles. The molecule has 3 heterocycles. The molecule has 2 N–H and O–H groups in total. The molecule has 44 heavy (non-hydrogen) atoms. The van der Waals surface area contributed by atoms with Crippen LogP contribution in [0.1, 0.15) is 62.3 Å². The minimum atomic E-state index is -1.05. The predicted molar refractivity (Wildman–Crippen MR) is 171 cm³/mol. The number of rotatable bonds is 12. The molecule has 0 fully saturated rings. The topological polar surface area (TPSA) is 122 Å². The van der Waals surface area contributed by atoms with Crippen LogP contribution in [0.15, 0.2) is 54.6 Å². The summed E-state index contributed by atoms with van der Waals surface area (Å²) < 4.78 is 3.38. The van der Waals surface area contributed by atoms with Gasteiger partial charge in [-0.05, 0) is 56.8 Å². The van der Waals surface area contributed by atoms with Crippen molar-refractivity contribution in [1.82, 2.24) is 29.5 Å². The minimum Gasteiger partial charge on any atom is -0.480 e. The van der Waals surface area contributed by atoms with Crippen molar-refractivity contribution in [3.8, 4) is 5.00 Å². The van der Waals surface area contributed by atoms with Crippen LogP contribution in [0.4, 0.5) is 0 Å². The van der Waals surface area contributed by atoms with E-state index in [9.17, 15) is 19.5 Å². The zero-order valence-electron chi connectivity index (χ0n) is 24.9. The van der Waals surface area contributed by atoms with Gasteiger partial charge in [0, 0.05) is 21.3 Å². The summed E-state index contributed by atoms with van der Waals surface area (Å²) in [7, 11) is 3.82. The van der Waals surface area contributed by atoms with Crippen LogP contribution in [-0.4, -0.2) is 61.1 Å². The van der Waals surface area contributed by atoms with Gasteiger partial charge < -0.3 is 19.9 Å². The normalized spacial score (nSPS) is 11.4. The zero-order chi connectivity index (χ0) is 31.5. The second kappa shape index (κ2) is 13.1. The summed E-state index contributed by atoms with van der Waals surface area (Å²) in [4.78, 5) is 42.4. The van der Waals surface area contributed by atoms with E-state index in [1.54, 1.807) is 28.8 Å². The van der Waals surface area contributed by atoms with Crippen LogP contribution in [0.5, 0.6) is 0 Å². The summed E-state index contributed by atoms with van der Waals surface area (Å²) >= 11 is 7.89. The molecule has 0 radical (unpaired) electrons. The Balaban J connectivity index is 1.57. The number of aryl methyl sites for hydroxylation is 2. The number of ketones is 1. The van der Waals surface area contributed by atoms with E-state index in [2.05, 4.69) is 15.5 Å². The Morgan fingerprint density at radius 3 is 2.36 bits per heavy atom. The number of carboxylic acid groups (broad SMARTS) is 1. The van der Waals surface area contributed by atoms with Crippen molar-refractivity contribution in [1.29, 1.82) is 0 Å². The maximum atomic E-state index is 13.8. The smallest absolute Gasteiger partial charge is 0.323 e. The summed E-state index contributed by atoms with van der Waals surface area (Å²) in [6, 6.07) is 16.2. The molecular weight excluding hydrogens is 600 g/mol. The van der Waals surface area contributed by atoms with Crippen LogP contribution in [0.25, 0.3) is 15.9 Å². The van der Waals surface area contributed by atoms with Gasteiger partial charge in [0.15, 0.2) is 17.4 Å². The number of carboxylic acids is 1. The lowest BCUT2D eigenvalue weighted by molar-refractivity contribution is -0.137. The Labute approximate surface area is 263 Å². The molecule has 10 nitrogen and oxygen atoms in total. The first-order valence-electron chi connectivity index (χ1n) is 14.2. The zero-order valence-corrected chi connectivity index (χ0v) is 26.5. The summed E-state index contributed by atoms with van der Waals surface area (Å²) in [6.07, 6.45) is 1.26. The van der Waals surface area contributed by atoms with Gasteiger partial charge in [0.25, 0.3) is 5.91 Å². The van der Waals surface area contributed by atoms with Gasteiger partial charge in [-0.25, -0.2) is 0 Å². The van der Waals surface area contributed by atoms with Crippen molar-refractivity contribution >= 4 is 51.5 Å². The number of halogens is 1. The van der Waals surface area contributed by atoms with Gasteiger partial charge >= 0.3 is 5.97 Å². The molecule has 228 valence electrons. The Hall–Kier alpha value is -4.32. The van der Waals surface area contributed by atoms with Crippen LogP contribution in [0.3, 0.4) is 0 Å². The number of aromatic nitrogens is 4. The molecule has 0 aliphatic carbocycles. The van der Waals surface area contributed by atoms with E-state index in [0.717, 1.165) is 22.2 Å². The molecule has 5 rings (SSSR count).